The quantitative estimate of drug-likeness (QED) is 0.518. The monoisotopic (exact) mass is 534 g/mol. The molecule has 0 spiro atoms. The number of urea groups is 1. The van der Waals surface area contributed by atoms with E-state index in [1.807, 2.05) is 12.2 Å². The molecule has 1 aliphatic heterocycles. The average molecular weight is 535 g/mol. The number of likely N-dealkylation sites (N-methyl/N-ethyl adjacent to an activating group) is 1. The van der Waals surface area contributed by atoms with Gasteiger partial charge in [-0.2, -0.15) is 18.4 Å². The lowest BCUT2D eigenvalue weighted by molar-refractivity contribution is -0.123. The number of alkyl halides is 3. The maximum atomic E-state index is 13.3. The van der Waals surface area contributed by atoms with Gasteiger partial charge in [0.1, 0.15) is 12.6 Å². The number of hydrogen-bond donors (Lipinski definition) is 1. The number of fused-ring (bicyclic) bond motifs is 1. The Morgan fingerprint density at radius 2 is 1.95 bits per heavy atom. The van der Waals surface area contributed by atoms with Crippen LogP contribution in [0.2, 0.25) is 0 Å². The first-order chi connectivity index (χ1) is 17.5. The molecular formula is C24H25F3N6O3S. The molecule has 2 amide bonds. The Kier molecular flexibility index (Phi) is 7.05. The maximum Gasteiger partial charge on any atom is 0.405 e. The summed E-state index contributed by atoms with van der Waals surface area (Å²) in [7, 11) is -2.23. The van der Waals surface area contributed by atoms with E-state index in [1.165, 1.54) is 29.4 Å². The van der Waals surface area contributed by atoms with Crippen LogP contribution in [-0.4, -0.2) is 67.2 Å². The molecule has 37 heavy (non-hydrogen) atoms. The van der Waals surface area contributed by atoms with E-state index in [0.717, 1.165) is 3.97 Å². The zero-order valence-corrected chi connectivity index (χ0v) is 20.9. The first-order valence-electron chi connectivity index (χ1n) is 11.5. The molecule has 13 heteroatoms. The first kappa shape index (κ1) is 26.3. The Labute approximate surface area is 212 Å². The van der Waals surface area contributed by atoms with Crippen LogP contribution in [-0.2, 0) is 10.0 Å². The Balaban J connectivity index is 1.70. The van der Waals surface area contributed by atoms with Crippen LogP contribution in [0.4, 0.5) is 23.7 Å². The normalized spacial score (nSPS) is 18.1. The number of anilines is 1. The molecule has 3 aromatic rings. The van der Waals surface area contributed by atoms with Crippen LogP contribution in [0.15, 0.2) is 53.7 Å². The number of amides is 2. The number of nitriles is 1. The fraction of sp³-hybridized carbons (Fsp3) is 0.375. The van der Waals surface area contributed by atoms with Gasteiger partial charge in [-0.3, -0.25) is 0 Å². The number of nitrogens with zero attached hydrogens (tertiary/aromatic N) is 5. The minimum absolute atomic E-state index is 0.0796. The van der Waals surface area contributed by atoms with Crippen molar-refractivity contribution in [3.63, 3.8) is 0 Å². The number of carbonyl (C=O) groups is 1. The van der Waals surface area contributed by atoms with Crippen LogP contribution in [0, 0.1) is 17.2 Å². The predicted molar refractivity (Wildman–Crippen MR) is 130 cm³/mol. The lowest BCUT2D eigenvalue weighted by atomic mass is 9.98. The van der Waals surface area contributed by atoms with E-state index in [1.54, 1.807) is 36.2 Å². The third kappa shape index (κ3) is 5.06. The van der Waals surface area contributed by atoms with Gasteiger partial charge >= 0.3 is 12.2 Å². The van der Waals surface area contributed by atoms with E-state index in [2.05, 4.69) is 11.1 Å². The molecule has 2 atom stereocenters. The third-order valence-electron chi connectivity index (χ3n) is 6.58. The van der Waals surface area contributed by atoms with Crippen molar-refractivity contribution in [2.45, 2.75) is 30.5 Å². The summed E-state index contributed by atoms with van der Waals surface area (Å²) < 4.78 is 65.3. The third-order valence-corrected chi connectivity index (χ3v) is 8.26. The second kappa shape index (κ2) is 9.93. The van der Waals surface area contributed by atoms with Gasteiger partial charge in [-0.1, -0.05) is 25.1 Å². The predicted octanol–water partition coefficient (Wildman–Crippen LogP) is 3.56. The number of benzene rings is 1. The molecule has 1 fully saturated rings. The topological polar surface area (TPSA) is 111 Å². The summed E-state index contributed by atoms with van der Waals surface area (Å²) in [6, 6.07) is 10.4. The number of aromatic nitrogens is 2. The Bertz CT molecular complexity index is 1450. The summed E-state index contributed by atoms with van der Waals surface area (Å²) in [6.45, 7) is 0.872. The van der Waals surface area contributed by atoms with Crippen molar-refractivity contribution in [2.75, 3.05) is 31.6 Å². The molecular weight excluding hydrogens is 509 g/mol. The second-order valence-electron chi connectivity index (χ2n) is 8.82. The molecule has 2 unspecified atom stereocenters. The number of carbonyl (C=O) groups excluding carboxylic acids is 1. The van der Waals surface area contributed by atoms with Gasteiger partial charge in [-0.05, 0) is 30.5 Å². The first-order valence-corrected chi connectivity index (χ1v) is 12.9. The van der Waals surface area contributed by atoms with Gasteiger partial charge in [-0.15, -0.1) is 0 Å². The summed E-state index contributed by atoms with van der Waals surface area (Å²) >= 11 is 0. The van der Waals surface area contributed by atoms with Gasteiger partial charge in [0, 0.05) is 37.9 Å². The largest absolute Gasteiger partial charge is 0.405 e. The van der Waals surface area contributed by atoms with Crippen molar-refractivity contribution in [3.8, 4) is 6.07 Å². The molecule has 2 aromatic heterocycles. The number of nitrogens with one attached hydrogen (secondary N) is 1. The lowest BCUT2D eigenvalue weighted by Gasteiger charge is -2.31. The molecule has 3 heterocycles. The molecule has 0 radical (unpaired) electrons. The highest BCUT2D eigenvalue weighted by atomic mass is 32.2. The number of halogens is 3. The number of likely N-dealkylation sites (tertiary alicyclic amines) is 1. The van der Waals surface area contributed by atoms with Gasteiger partial charge in [0.15, 0.2) is 5.65 Å². The maximum absolute atomic E-state index is 13.3. The second-order valence-corrected chi connectivity index (χ2v) is 10.6. The summed E-state index contributed by atoms with van der Waals surface area (Å²) in [5.41, 5.74) is 0.783. The average Bonchev–Trinajstić information content (AvgIpc) is 3.51. The fourth-order valence-electron chi connectivity index (χ4n) is 4.72. The van der Waals surface area contributed by atoms with Gasteiger partial charge < -0.3 is 15.1 Å². The summed E-state index contributed by atoms with van der Waals surface area (Å²) in [4.78, 5) is 19.9. The van der Waals surface area contributed by atoms with Gasteiger partial charge in [0.05, 0.1) is 22.2 Å². The molecule has 0 bridgehead atoms. The van der Waals surface area contributed by atoms with E-state index < -0.39 is 28.8 Å². The van der Waals surface area contributed by atoms with Crippen LogP contribution in [0.1, 0.15) is 18.9 Å². The van der Waals surface area contributed by atoms with E-state index in [4.69, 9.17) is 0 Å². The zero-order valence-electron chi connectivity index (χ0n) is 20.1. The van der Waals surface area contributed by atoms with Crippen LogP contribution in [0.25, 0.3) is 11.0 Å². The van der Waals surface area contributed by atoms with E-state index in [9.17, 15) is 31.6 Å². The van der Waals surface area contributed by atoms with E-state index in [0.29, 0.717) is 17.5 Å². The SMILES string of the molecule is CCC1CN(C(=O)NCC(F)(F)F)CC1N(C)c1c(C#N)cnc2c1ccn2S(=O)(=O)c1ccccc1. The smallest absolute Gasteiger partial charge is 0.368 e. The number of hydrogen-bond acceptors (Lipinski definition) is 6. The zero-order chi connectivity index (χ0) is 27.0. The van der Waals surface area contributed by atoms with Crippen molar-refractivity contribution < 1.29 is 26.4 Å². The van der Waals surface area contributed by atoms with Crippen LogP contribution >= 0.6 is 0 Å². The molecule has 196 valence electrons. The van der Waals surface area contributed by atoms with Crippen molar-refractivity contribution in [2.24, 2.45) is 5.92 Å². The summed E-state index contributed by atoms with van der Waals surface area (Å²) in [5, 5.41) is 12.1. The number of pyridine rings is 1. The molecule has 1 saturated heterocycles. The lowest BCUT2D eigenvalue weighted by Crippen LogP contribution is -2.44. The van der Waals surface area contributed by atoms with Crippen molar-refractivity contribution >= 4 is 32.8 Å². The van der Waals surface area contributed by atoms with Crippen LogP contribution < -0.4 is 10.2 Å². The molecule has 9 nitrogen and oxygen atoms in total. The molecule has 1 aromatic carbocycles. The molecule has 1 N–H and O–H groups in total. The Morgan fingerprint density at radius 3 is 2.57 bits per heavy atom. The minimum atomic E-state index is -4.52. The molecule has 0 saturated carbocycles. The van der Waals surface area contributed by atoms with Gasteiger partial charge in [-0.25, -0.2) is 22.2 Å². The molecule has 4 rings (SSSR count). The highest BCUT2D eigenvalue weighted by molar-refractivity contribution is 7.90. The molecule has 0 aliphatic carbocycles. The highest BCUT2D eigenvalue weighted by Gasteiger charge is 2.39. The van der Waals surface area contributed by atoms with E-state index in [-0.39, 0.29) is 41.2 Å². The van der Waals surface area contributed by atoms with Crippen LogP contribution in [0.5, 0.6) is 0 Å². The standard InChI is InChI=1S/C24H25F3N6O3S/c1-3-16-13-32(23(34)30-15-24(25,26)27)14-20(16)31(2)21-17(11-28)12-29-22-19(21)9-10-33(22)37(35,36)18-7-5-4-6-8-18/h4-10,12,16,20H,3,13-15H2,1-2H3,(H,30,34). The summed E-state index contributed by atoms with van der Waals surface area (Å²) in [5.74, 6) is -0.0912. The van der Waals surface area contributed by atoms with Gasteiger partial charge in [0.25, 0.3) is 10.0 Å². The van der Waals surface area contributed by atoms with Gasteiger partial charge in [0.2, 0.25) is 0 Å². The minimum Gasteiger partial charge on any atom is -0.368 e. The Morgan fingerprint density at radius 1 is 1.24 bits per heavy atom. The highest BCUT2D eigenvalue weighted by Crippen LogP contribution is 2.35. The summed E-state index contributed by atoms with van der Waals surface area (Å²) in [6.07, 6.45) is -1.21. The number of rotatable bonds is 6. The van der Waals surface area contributed by atoms with E-state index >= 15 is 0 Å². The van der Waals surface area contributed by atoms with Crippen molar-refractivity contribution in [3.05, 3.63) is 54.4 Å². The fourth-order valence-corrected chi connectivity index (χ4v) is 6.05. The van der Waals surface area contributed by atoms with Crippen LogP contribution in [0.3, 0.4) is 0 Å². The van der Waals surface area contributed by atoms with Crippen molar-refractivity contribution in [1.29, 1.82) is 5.26 Å². The Hall–Kier alpha value is -3.79. The molecule has 1 aliphatic rings. The van der Waals surface area contributed by atoms with Crippen molar-refractivity contribution in [1.82, 2.24) is 19.2 Å².